The van der Waals surface area contributed by atoms with Crippen molar-refractivity contribution in [1.82, 2.24) is 19.6 Å². The van der Waals surface area contributed by atoms with E-state index in [1.54, 1.807) is 12.1 Å². The Labute approximate surface area is 383 Å². The van der Waals surface area contributed by atoms with Crippen LogP contribution < -0.4 is 24.4 Å². The number of pyridine rings is 1. The molecule has 10 rings (SSSR count). The number of aliphatic hydroxyl groups excluding tert-OH is 1. The summed E-state index contributed by atoms with van der Waals surface area (Å²) >= 11 is 0. The van der Waals surface area contributed by atoms with Gasteiger partial charge in [0.1, 0.15) is 29.6 Å². The molecule has 66 heavy (non-hydrogen) atoms. The molecule has 0 bridgehead atoms. The second kappa shape index (κ2) is 17.5. The van der Waals surface area contributed by atoms with Crippen LogP contribution in [-0.4, -0.2) is 83.7 Å². The maximum atomic E-state index is 14.6. The molecule has 3 aliphatic heterocycles. The molecule has 2 atom stereocenters. The minimum atomic E-state index is -4.71. The predicted octanol–water partition coefficient (Wildman–Crippen LogP) is 8.95. The molecule has 1 amide bonds. The highest BCUT2D eigenvalue weighted by Gasteiger charge is 2.50. The maximum Gasteiger partial charge on any atom is 0.297 e. The number of ether oxygens (including phenoxy) is 2. The van der Waals surface area contributed by atoms with Crippen molar-refractivity contribution in [1.29, 1.82) is 0 Å². The summed E-state index contributed by atoms with van der Waals surface area (Å²) in [5.74, 6) is -0.860. The number of hydrogen-bond donors (Lipinski definition) is 4. The number of nitro groups is 1. The number of carbonyl (C=O) groups is 1. The number of H-pyrrole nitrogens is 1. The summed E-state index contributed by atoms with van der Waals surface area (Å²) in [7, 11) is -4.71. The van der Waals surface area contributed by atoms with Crippen molar-refractivity contribution >= 4 is 44.0 Å². The number of sulfonamides is 1. The third-order valence-corrected chi connectivity index (χ3v) is 16.3. The number of aliphatic hydroxyl groups is 1. The number of rotatable bonds is 11. The lowest BCUT2D eigenvalue weighted by Gasteiger charge is -2.56. The molecule has 3 aromatic carbocycles. The van der Waals surface area contributed by atoms with Gasteiger partial charge in [-0.2, -0.15) is 0 Å². The Kier molecular flexibility index (Phi) is 11.7. The van der Waals surface area contributed by atoms with Crippen LogP contribution in [0.4, 0.5) is 21.5 Å². The van der Waals surface area contributed by atoms with Gasteiger partial charge in [0, 0.05) is 55.3 Å². The number of piperidine rings is 1. The van der Waals surface area contributed by atoms with E-state index in [9.17, 15) is 32.8 Å². The molecule has 2 saturated carbocycles. The van der Waals surface area contributed by atoms with E-state index in [0.717, 1.165) is 69.9 Å². The summed E-state index contributed by atoms with van der Waals surface area (Å²) in [5, 5.41) is 25.7. The third-order valence-electron chi connectivity index (χ3n) is 15.0. The lowest BCUT2D eigenvalue weighted by molar-refractivity contribution is -0.384. The normalized spacial score (nSPS) is 23.3. The van der Waals surface area contributed by atoms with E-state index >= 15 is 0 Å². The number of aromatic amines is 1. The molecule has 1 spiro atoms. The summed E-state index contributed by atoms with van der Waals surface area (Å²) in [6.45, 7) is 7.39. The number of likely N-dealkylation sites (tertiary alicyclic amines) is 1. The molecule has 5 aliphatic rings. The van der Waals surface area contributed by atoms with Crippen molar-refractivity contribution in [3.63, 3.8) is 0 Å². The van der Waals surface area contributed by atoms with Crippen molar-refractivity contribution in [2.45, 2.75) is 113 Å². The van der Waals surface area contributed by atoms with Gasteiger partial charge in [0.2, 0.25) is 0 Å². The molecule has 15 nitrogen and oxygen atoms in total. The van der Waals surface area contributed by atoms with Crippen LogP contribution in [0.3, 0.4) is 0 Å². The Balaban J connectivity index is 0.865. The van der Waals surface area contributed by atoms with Crippen LogP contribution in [0.1, 0.15) is 112 Å². The lowest BCUT2D eigenvalue weighted by atomic mass is 9.59. The number of halogens is 1. The van der Waals surface area contributed by atoms with Gasteiger partial charge in [-0.25, -0.2) is 22.5 Å². The molecule has 348 valence electrons. The molecule has 2 saturated heterocycles. The fourth-order valence-electron chi connectivity index (χ4n) is 11.4. The third kappa shape index (κ3) is 8.45. The van der Waals surface area contributed by atoms with E-state index in [-0.39, 0.29) is 64.0 Å². The second-order valence-corrected chi connectivity index (χ2v) is 21.0. The number of fused-ring (bicyclic) bond motifs is 2. The van der Waals surface area contributed by atoms with Crippen LogP contribution in [0.5, 0.6) is 17.2 Å². The van der Waals surface area contributed by atoms with Crippen LogP contribution in [0.2, 0.25) is 0 Å². The van der Waals surface area contributed by atoms with Crippen molar-refractivity contribution in [2.75, 3.05) is 36.5 Å². The van der Waals surface area contributed by atoms with Crippen molar-refractivity contribution in [3.05, 3.63) is 106 Å². The predicted molar refractivity (Wildman–Crippen MR) is 247 cm³/mol. The zero-order valence-corrected chi connectivity index (χ0v) is 38.0. The fourth-order valence-corrected chi connectivity index (χ4v) is 12.4. The van der Waals surface area contributed by atoms with Crippen molar-refractivity contribution < 1.29 is 37.1 Å². The van der Waals surface area contributed by atoms with Crippen LogP contribution in [-0.2, 0) is 10.0 Å². The highest BCUT2D eigenvalue weighted by Crippen LogP contribution is 2.54. The van der Waals surface area contributed by atoms with E-state index in [4.69, 9.17) is 9.47 Å². The summed E-state index contributed by atoms with van der Waals surface area (Å²) in [6.07, 6.45) is 11.6. The molecule has 0 unspecified atom stereocenters. The summed E-state index contributed by atoms with van der Waals surface area (Å²) in [4.78, 5) is 37.2. The summed E-state index contributed by atoms with van der Waals surface area (Å²) in [6, 6.07) is 18.1. The van der Waals surface area contributed by atoms with Gasteiger partial charge in [-0.3, -0.25) is 19.8 Å². The average Bonchev–Trinajstić information content (AvgIpc) is 3.94. The number of nitrogens with one attached hydrogen (secondary N) is 3. The minimum Gasteiger partial charge on any atom is -0.489 e. The van der Waals surface area contributed by atoms with Gasteiger partial charge in [-0.1, -0.05) is 38.1 Å². The van der Waals surface area contributed by atoms with Crippen LogP contribution >= 0.6 is 0 Å². The number of nitrogens with zero attached hydrogens (tertiary/aromatic N) is 4. The van der Waals surface area contributed by atoms with Crippen molar-refractivity contribution in [3.8, 4) is 17.2 Å². The zero-order chi connectivity index (χ0) is 45.9. The number of nitro benzene ring substituents is 1. The number of hydrogen-bond acceptors (Lipinski definition) is 12. The molecule has 5 heterocycles. The Bertz CT molecular complexity index is 2780. The minimum absolute atomic E-state index is 0.0215. The van der Waals surface area contributed by atoms with Crippen LogP contribution in [0, 0.1) is 27.3 Å². The first kappa shape index (κ1) is 44.1. The molecular weight excluding hydrogens is 866 g/mol. The van der Waals surface area contributed by atoms with Gasteiger partial charge in [0.05, 0.1) is 39.1 Å². The lowest BCUT2D eigenvalue weighted by Crippen LogP contribution is -2.54. The largest absolute Gasteiger partial charge is 0.489 e. The molecule has 4 N–H and O–H groups in total. The smallest absolute Gasteiger partial charge is 0.297 e. The molecule has 2 aliphatic carbocycles. The molecule has 2 aromatic heterocycles. The first-order valence-corrected chi connectivity index (χ1v) is 24.7. The standard InChI is InChI=1S/C49H56FN7O8S/c1-29(2)36-6-3-4-7-37(36)42-8-5-17-56(42)32-24-49(25-32)15-18-55(19-16-49)31-11-14-38(44(20-31)65-34-21-39-40(50)27-52-47(39)51-26-34)48(59)54-66(62,63)35-22-43(57(60)61)46-45(23-35)64-28-41(53-46)30-9-12-33(58)13-10-30/h3-4,6-7,11,14,20-23,26-27,29-30,32-33,41-42,53,58H,5,8-10,12-13,15-19,24-25,28H2,1-2H3,(H,51,52)(H,54,59)/t30-,33+,41-,42+/m0/s1. The Morgan fingerprint density at radius 3 is 2.58 bits per heavy atom. The van der Waals surface area contributed by atoms with Gasteiger partial charge < -0.3 is 29.8 Å². The Morgan fingerprint density at radius 1 is 1.05 bits per heavy atom. The Hall–Kier alpha value is -5.78. The van der Waals surface area contributed by atoms with Crippen LogP contribution in [0.15, 0.2) is 78.0 Å². The van der Waals surface area contributed by atoms with Crippen molar-refractivity contribution in [2.24, 2.45) is 11.3 Å². The topological polar surface area (TPSA) is 192 Å². The molecule has 5 aromatic rings. The average molecular weight is 922 g/mol. The number of amides is 1. The second-order valence-electron chi connectivity index (χ2n) is 19.4. The highest BCUT2D eigenvalue weighted by atomic mass is 32.2. The molecular formula is C49H56FN7O8S. The van der Waals surface area contributed by atoms with Gasteiger partial charge in [0.15, 0.2) is 11.4 Å². The quantitative estimate of drug-likeness (QED) is 0.0728. The first-order chi connectivity index (χ1) is 31.7. The zero-order valence-electron chi connectivity index (χ0n) is 37.2. The fraction of sp³-hybridized carbons (Fsp3) is 0.469. The van der Waals surface area contributed by atoms with Gasteiger partial charge >= 0.3 is 0 Å². The first-order valence-electron chi connectivity index (χ1n) is 23.3. The van der Waals surface area contributed by atoms with E-state index in [2.05, 4.69) is 67.9 Å². The number of aromatic nitrogens is 2. The Morgan fingerprint density at radius 2 is 1.82 bits per heavy atom. The maximum absolute atomic E-state index is 14.6. The number of carbonyl (C=O) groups excluding carboxylic acids is 1. The molecule has 0 radical (unpaired) electrons. The van der Waals surface area contributed by atoms with Gasteiger partial charge in [-0.15, -0.1) is 0 Å². The monoisotopic (exact) mass is 921 g/mol. The molecule has 17 heteroatoms. The summed E-state index contributed by atoms with van der Waals surface area (Å²) in [5.41, 5.74) is 3.69. The van der Waals surface area contributed by atoms with E-state index in [1.165, 1.54) is 54.6 Å². The van der Waals surface area contributed by atoms with Crippen LogP contribution in [0.25, 0.3) is 11.0 Å². The molecule has 4 fully saturated rings. The SMILES string of the molecule is CC(C)c1ccccc1[C@H]1CCCN1C1CC2(CCN(c3ccc(C(=O)NS(=O)(=O)c4cc5c(c([N+](=O)[O-])c4)N[C@H]([C@H]4CC[C@@H](O)CC4)CO5)c(Oc4cnc5[nH]cc(F)c5c4)c3)CC2)C1. The highest BCUT2D eigenvalue weighted by molar-refractivity contribution is 7.90. The number of anilines is 2. The van der Waals surface area contributed by atoms with E-state index < -0.39 is 37.3 Å². The summed E-state index contributed by atoms with van der Waals surface area (Å²) < 4.78 is 56.8. The van der Waals surface area contributed by atoms with E-state index in [1.807, 2.05) is 0 Å². The van der Waals surface area contributed by atoms with Gasteiger partial charge in [-0.05, 0) is 117 Å². The van der Waals surface area contributed by atoms with E-state index in [0.29, 0.717) is 36.5 Å². The van der Waals surface area contributed by atoms with Gasteiger partial charge in [0.25, 0.3) is 21.6 Å². The number of benzene rings is 3.